The van der Waals surface area contributed by atoms with Crippen molar-refractivity contribution in [1.29, 1.82) is 5.26 Å². The quantitative estimate of drug-likeness (QED) is 0.893. The third-order valence-corrected chi connectivity index (χ3v) is 3.63. The van der Waals surface area contributed by atoms with E-state index in [0.29, 0.717) is 18.7 Å². The maximum absolute atomic E-state index is 9.22. The number of aliphatic hydroxyl groups excluding tert-OH is 1. The van der Waals surface area contributed by atoms with Gasteiger partial charge in [-0.3, -0.25) is 4.90 Å². The van der Waals surface area contributed by atoms with E-state index >= 15 is 0 Å². The van der Waals surface area contributed by atoms with Gasteiger partial charge in [0.25, 0.3) is 0 Å². The average molecular weight is 276 g/mol. The fraction of sp³-hybridized carbons (Fsp3) is 0.533. The van der Waals surface area contributed by atoms with Gasteiger partial charge < -0.3 is 14.6 Å². The van der Waals surface area contributed by atoms with Crippen LogP contribution in [-0.4, -0.2) is 49.0 Å². The van der Waals surface area contributed by atoms with Crippen LogP contribution >= 0.6 is 0 Å². The average Bonchev–Trinajstić information content (AvgIpc) is 2.49. The Labute approximate surface area is 119 Å². The van der Waals surface area contributed by atoms with Gasteiger partial charge in [0.15, 0.2) is 0 Å². The van der Waals surface area contributed by atoms with Gasteiger partial charge in [0, 0.05) is 24.7 Å². The molecule has 1 saturated heterocycles. The highest BCUT2D eigenvalue weighted by molar-refractivity contribution is 5.42. The number of ether oxygens (including phenoxy) is 2. The highest BCUT2D eigenvalue weighted by Gasteiger charge is 2.26. The van der Waals surface area contributed by atoms with Crippen molar-refractivity contribution in [2.45, 2.75) is 25.6 Å². The van der Waals surface area contributed by atoms with Crippen molar-refractivity contribution in [2.24, 2.45) is 0 Å². The molecule has 2 unspecified atom stereocenters. The van der Waals surface area contributed by atoms with Crippen LogP contribution in [0, 0.1) is 11.3 Å². The van der Waals surface area contributed by atoms with Crippen molar-refractivity contribution in [2.75, 3.05) is 26.9 Å². The van der Waals surface area contributed by atoms with Crippen LogP contribution in [0.2, 0.25) is 0 Å². The maximum Gasteiger partial charge on any atom is 0.124 e. The van der Waals surface area contributed by atoms with Crippen LogP contribution in [0.15, 0.2) is 18.2 Å². The second-order valence-electron chi connectivity index (χ2n) is 5.05. The summed E-state index contributed by atoms with van der Waals surface area (Å²) in [6.45, 7) is 4.16. The van der Waals surface area contributed by atoms with Crippen LogP contribution in [0.4, 0.5) is 0 Å². The molecule has 5 heteroatoms. The molecule has 1 aromatic rings. The SMILES string of the molecule is COc1cc(C#N)ccc1CN1CC(CO)OCC1C. The number of morpholine rings is 1. The molecule has 0 radical (unpaired) electrons. The lowest BCUT2D eigenvalue weighted by atomic mass is 10.1. The molecule has 0 saturated carbocycles. The van der Waals surface area contributed by atoms with Crippen molar-refractivity contribution >= 4 is 0 Å². The van der Waals surface area contributed by atoms with E-state index in [4.69, 9.17) is 14.7 Å². The predicted molar refractivity (Wildman–Crippen MR) is 74.4 cm³/mol. The minimum absolute atomic E-state index is 0.0354. The Hall–Kier alpha value is -1.61. The lowest BCUT2D eigenvalue weighted by Crippen LogP contribution is -2.48. The van der Waals surface area contributed by atoms with Crippen molar-refractivity contribution in [1.82, 2.24) is 4.90 Å². The van der Waals surface area contributed by atoms with Crippen molar-refractivity contribution in [3.63, 3.8) is 0 Å². The van der Waals surface area contributed by atoms with E-state index < -0.39 is 0 Å². The van der Waals surface area contributed by atoms with E-state index in [1.807, 2.05) is 6.07 Å². The van der Waals surface area contributed by atoms with Gasteiger partial charge >= 0.3 is 0 Å². The lowest BCUT2D eigenvalue weighted by Gasteiger charge is -2.37. The molecule has 1 fully saturated rings. The fourth-order valence-corrected chi connectivity index (χ4v) is 2.37. The number of nitriles is 1. The number of methoxy groups -OCH3 is 1. The Kier molecular flexibility index (Phi) is 4.96. The Morgan fingerprint density at radius 3 is 3.00 bits per heavy atom. The van der Waals surface area contributed by atoms with E-state index in [9.17, 15) is 5.11 Å². The maximum atomic E-state index is 9.22. The molecule has 1 aliphatic heterocycles. The fourth-order valence-electron chi connectivity index (χ4n) is 2.37. The molecule has 0 spiro atoms. The van der Waals surface area contributed by atoms with E-state index in [2.05, 4.69) is 17.9 Å². The van der Waals surface area contributed by atoms with Crippen LogP contribution in [0.3, 0.4) is 0 Å². The molecule has 1 heterocycles. The molecule has 0 aliphatic carbocycles. The Morgan fingerprint density at radius 1 is 1.55 bits per heavy atom. The monoisotopic (exact) mass is 276 g/mol. The van der Waals surface area contributed by atoms with Crippen LogP contribution in [-0.2, 0) is 11.3 Å². The van der Waals surface area contributed by atoms with Crippen LogP contribution in [0.25, 0.3) is 0 Å². The van der Waals surface area contributed by atoms with Crippen LogP contribution in [0.5, 0.6) is 5.75 Å². The third kappa shape index (κ3) is 3.28. The molecule has 0 bridgehead atoms. The largest absolute Gasteiger partial charge is 0.496 e. The zero-order valence-corrected chi connectivity index (χ0v) is 11.9. The third-order valence-electron chi connectivity index (χ3n) is 3.63. The zero-order chi connectivity index (χ0) is 14.5. The molecule has 0 aromatic heterocycles. The van der Waals surface area contributed by atoms with Gasteiger partial charge in [-0.25, -0.2) is 0 Å². The molecular formula is C15H20N2O3. The molecule has 2 atom stereocenters. The summed E-state index contributed by atoms with van der Waals surface area (Å²) < 4.78 is 10.9. The zero-order valence-electron chi connectivity index (χ0n) is 11.9. The second-order valence-corrected chi connectivity index (χ2v) is 5.05. The van der Waals surface area contributed by atoms with Crippen LogP contribution in [0.1, 0.15) is 18.1 Å². The standard InChI is InChI=1S/C15H20N2O3/c1-11-10-20-14(9-18)8-17(11)7-13-4-3-12(6-16)5-15(13)19-2/h3-5,11,14,18H,7-10H2,1-2H3. The van der Waals surface area contributed by atoms with Crippen molar-refractivity contribution in [3.05, 3.63) is 29.3 Å². The number of rotatable bonds is 4. The summed E-state index contributed by atoms with van der Waals surface area (Å²) in [5.41, 5.74) is 1.63. The first-order valence-electron chi connectivity index (χ1n) is 6.71. The molecule has 1 aromatic carbocycles. The molecule has 0 amide bonds. The van der Waals surface area contributed by atoms with Gasteiger partial charge in [0.1, 0.15) is 5.75 Å². The number of benzene rings is 1. The van der Waals surface area contributed by atoms with Gasteiger partial charge in [0.2, 0.25) is 0 Å². The molecule has 2 rings (SSSR count). The molecule has 1 aliphatic rings. The highest BCUT2D eigenvalue weighted by Crippen LogP contribution is 2.24. The smallest absolute Gasteiger partial charge is 0.124 e. The number of nitrogens with zero attached hydrogens (tertiary/aromatic N) is 2. The molecular weight excluding hydrogens is 256 g/mol. The number of aliphatic hydroxyl groups is 1. The predicted octanol–water partition coefficient (Wildman–Crippen LogP) is 1.15. The second kappa shape index (κ2) is 6.71. The minimum atomic E-state index is -0.129. The highest BCUT2D eigenvalue weighted by atomic mass is 16.5. The van der Waals surface area contributed by atoms with Gasteiger partial charge in [-0.1, -0.05) is 6.07 Å². The van der Waals surface area contributed by atoms with E-state index in [0.717, 1.165) is 17.9 Å². The van der Waals surface area contributed by atoms with E-state index in [1.54, 1.807) is 19.2 Å². The summed E-state index contributed by atoms with van der Waals surface area (Å²) in [7, 11) is 1.61. The molecule has 5 nitrogen and oxygen atoms in total. The summed E-state index contributed by atoms with van der Waals surface area (Å²) in [4.78, 5) is 2.26. The summed E-state index contributed by atoms with van der Waals surface area (Å²) in [6, 6.07) is 7.88. The van der Waals surface area contributed by atoms with E-state index in [-0.39, 0.29) is 18.8 Å². The van der Waals surface area contributed by atoms with Crippen molar-refractivity contribution < 1.29 is 14.6 Å². The summed E-state index contributed by atoms with van der Waals surface area (Å²) in [5, 5.41) is 18.1. The molecule has 1 N–H and O–H groups in total. The van der Waals surface area contributed by atoms with Gasteiger partial charge in [-0.2, -0.15) is 5.26 Å². The van der Waals surface area contributed by atoms with Gasteiger partial charge in [-0.05, 0) is 19.1 Å². The first-order valence-corrected chi connectivity index (χ1v) is 6.71. The number of hydrogen-bond donors (Lipinski definition) is 1. The normalized spacial score (nSPS) is 23.3. The first-order chi connectivity index (χ1) is 9.67. The Morgan fingerprint density at radius 2 is 2.35 bits per heavy atom. The Balaban J connectivity index is 2.14. The summed E-state index contributed by atoms with van der Waals surface area (Å²) in [5.74, 6) is 0.725. The number of hydrogen-bond acceptors (Lipinski definition) is 5. The van der Waals surface area contributed by atoms with E-state index in [1.165, 1.54) is 0 Å². The van der Waals surface area contributed by atoms with Crippen molar-refractivity contribution in [3.8, 4) is 11.8 Å². The Bertz CT molecular complexity index is 498. The molecule has 20 heavy (non-hydrogen) atoms. The molecule has 108 valence electrons. The lowest BCUT2D eigenvalue weighted by molar-refractivity contribution is -0.0806. The van der Waals surface area contributed by atoms with Gasteiger partial charge in [-0.15, -0.1) is 0 Å². The van der Waals surface area contributed by atoms with Crippen LogP contribution < -0.4 is 4.74 Å². The minimum Gasteiger partial charge on any atom is -0.496 e. The first kappa shape index (κ1) is 14.8. The summed E-state index contributed by atoms with van der Waals surface area (Å²) >= 11 is 0. The summed E-state index contributed by atoms with van der Waals surface area (Å²) in [6.07, 6.45) is -0.129. The topological polar surface area (TPSA) is 65.7 Å². The van der Waals surface area contributed by atoms with Gasteiger partial charge in [0.05, 0.1) is 38.1 Å².